The molecule has 2 rings (SSSR count). The van der Waals surface area contributed by atoms with Crippen LogP contribution in [0.15, 0.2) is 42.5 Å². The molecule has 0 atom stereocenters. The van der Waals surface area contributed by atoms with Gasteiger partial charge in [0.1, 0.15) is 11.5 Å². The van der Waals surface area contributed by atoms with Gasteiger partial charge in [-0.1, -0.05) is 12.1 Å². The number of nitrogens with zero attached hydrogens (tertiary/aromatic N) is 1. The quantitative estimate of drug-likeness (QED) is 0.435. The van der Waals surface area contributed by atoms with Crippen molar-refractivity contribution in [1.82, 2.24) is 5.32 Å². The third-order valence-corrected chi connectivity index (χ3v) is 3.71. The number of nitrogens with one attached hydrogen (secondary N) is 2. The number of hydrogen-bond donors (Lipinski definition) is 2. The Kier molecular flexibility index (Phi) is 6.70. The number of nitro benzene ring substituents is 1. The molecule has 0 saturated carbocycles. The third kappa shape index (κ3) is 5.43. The van der Waals surface area contributed by atoms with Gasteiger partial charge in [-0.25, -0.2) is 0 Å². The topological polar surface area (TPSA) is 120 Å². The first-order chi connectivity index (χ1) is 12.9. The van der Waals surface area contributed by atoms with Crippen molar-refractivity contribution in [3.63, 3.8) is 0 Å². The molecule has 142 valence electrons. The third-order valence-electron chi connectivity index (χ3n) is 3.71. The largest absolute Gasteiger partial charge is 0.497 e. The Labute approximate surface area is 155 Å². The molecular weight excluding hydrogens is 354 g/mol. The SMILES string of the molecule is COc1ccc(CCNC(=O)C(=O)Nc2ccc([N+](=O)[O-])cc2OC)cc1. The highest BCUT2D eigenvalue weighted by Crippen LogP contribution is 2.28. The molecule has 0 fully saturated rings. The van der Waals surface area contributed by atoms with Crippen molar-refractivity contribution in [1.29, 1.82) is 0 Å². The number of carbonyl (C=O) groups is 2. The number of rotatable bonds is 7. The van der Waals surface area contributed by atoms with Gasteiger partial charge in [0.15, 0.2) is 0 Å². The van der Waals surface area contributed by atoms with E-state index in [1.54, 1.807) is 7.11 Å². The summed E-state index contributed by atoms with van der Waals surface area (Å²) in [5.41, 5.74) is 0.959. The van der Waals surface area contributed by atoms with E-state index in [1.807, 2.05) is 24.3 Å². The van der Waals surface area contributed by atoms with Gasteiger partial charge in [-0.15, -0.1) is 0 Å². The summed E-state index contributed by atoms with van der Waals surface area (Å²) in [5.74, 6) is -0.886. The molecule has 0 spiro atoms. The number of hydrogen-bond acceptors (Lipinski definition) is 6. The minimum atomic E-state index is -0.892. The zero-order valence-electron chi connectivity index (χ0n) is 14.9. The molecule has 2 amide bonds. The van der Waals surface area contributed by atoms with Crippen LogP contribution in [-0.2, 0) is 16.0 Å². The maximum absolute atomic E-state index is 12.0. The summed E-state index contributed by atoms with van der Waals surface area (Å²) in [4.78, 5) is 34.1. The summed E-state index contributed by atoms with van der Waals surface area (Å²) >= 11 is 0. The monoisotopic (exact) mass is 373 g/mol. The van der Waals surface area contributed by atoms with Gasteiger partial charge in [0, 0.05) is 12.6 Å². The summed E-state index contributed by atoms with van der Waals surface area (Å²) in [6.45, 7) is 0.274. The maximum atomic E-state index is 12.0. The van der Waals surface area contributed by atoms with Gasteiger partial charge in [0.2, 0.25) is 0 Å². The predicted molar refractivity (Wildman–Crippen MR) is 98.0 cm³/mol. The molecule has 0 heterocycles. The first-order valence-electron chi connectivity index (χ1n) is 7.99. The van der Waals surface area contributed by atoms with E-state index in [0.29, 0.717) is 6.42 Å². The number of amides is 2. The normalized spacial score (nSPS) is 10.0. The Balaban J connectivity index is 1.89. The molecule has 0 radical (unpaired) electrons. The van der Waals surface area contributed by atoms with Gasteiger partial charge < -0.3 is 20.1 Å². The second kappa shape index (κ2) is 9.18. The molecule has 0 aliphatic heterocycles. The standard InChI is InChI=1S/C18H19N3O6/c1-26-14-6-3-12(4-7-14)9-10-19-17(22)18(23)20-15-8-5-13(21(24)25)11-16(15)27-2/h3-8,11H,9-10H2,1-2H3,(H,19,22)(H,20,23). The van der Waals surface area contributed by atoms with Crippen LogP contribution in [-0.4, -0.2) is 37.5 Å². The van der Waals surface area contributed by atoms with Crippen LogP contribution in [0.4, 0.5) is 11.4 Å². The Morgan fingerprint density at radius 1 is 1.04 bits per heavy atom. The molecule has 27 heavy (non-hydrogen) atoms. The molecule has 9 nitrogen and oxygen atoms in total. The smallest absolute Gasteiger partial charge is 0.313 e. The summed E-state index contributed by atoms with van der Waals surface area (Å²) in [6.07, 6.45) is 0.546. The van der Waals surface area contributed by atoms with Crippen molar-refractivity contribution < 1.29 is 24.0 Å². The van der Waals surface area contributed by atoms with Crippen LogP contribution in [0.25, 0.3) is 0 Å². The molecule has 0 aromatic heterocycles. The lowest BCUT2D eigenvalue weighted by atomic mass is 10.1. The van der Waals surface area contributed by atoms with E-state index in [9.17, 15) is 19.7 Å². The second-order valence-corrected chi connectivity index (χ2v) is 5.45. The van der Waals surface area contributed by atoms with E-state index in [2.05, 4.69) is 10.6 Å². The van der Waals surface area contributed by atoms with Gasteiger partial charge in [-0.05, 0) is 30.2 Å². The van der Waals surface area contributed by atoms with E-state index in [4.69, 9.17) is 9.47 Å². The fourth-order valence-corrected chi connectivity index (χ4v) is 2.27. The highest BCUT2D eigenvalue weighted by molar-refractivity contribution is 6.39. The fourth-order valence-electron chi connectivity index (χ4n) is 2.27. The molecule has 2 aromatic carbocycles. The zero-order chi connectivity index (χ0) is 19.8. The molecule has 9 heteroatoms. The van der Waals surface area contributed by atoms with Gasteiger partial charge in [0.05, 0.1) is 30.9 Å². The number of carbonyl (C=O) groups excluding carboxylic acids is 2. The van der Waals surface area contributed by atoms with Gasteiger partial charge >= 0.3 is 11.8 Å². The van der Waals surface area contributed by atoms with Crippen molar-refractivity contribution in [2.75, 3.05) is 26.1 Å². The van der Waals surface area contributed by atoms with Gasteiger partial charge in [-0.2, -0.15) is 0 Å². The van der Waals surface area contributed by atoms with Crippen LogP contribution in [0, 0.1) is 10.1 Å². The van der Waals surface area contributed by atoms with E-state index in [1.165, 1.54) is 19.2 Å². The predicted octanol–water partition coefficient (Wildman–Crippen LogP) is 1.91. The van der Waals surface area contributed by atoms with E-state index < -0.39 is 16.7 Å². The van der Waals surface area contributed by atoms with Crippen molar-refractivity contribution >= 4 is 23.2 Å². The Morgan fingerprint density at radius 3 is 2.33 bits per heavy atom. The number of anilines is 1. The molecule has 0 aliphatic carbocycles. The van der Waals surface area contributed by atoms with Crippen LogP contribution in [0.5, 0.6) is 11.5 Å². The van der Waals surface area contributed by atoms with E-state index in [0.717, 1.165) is 17.4 Å². The minimum Gasteiger partial charge on any atom is -0.497 e. The number of ether oxygens (including phenoxy) is 2. The number of non-ortho nitro benzene ring substituents is 1. The van der Waals surface area contributed by atoms with Crippen molar-refractivity contribution in [2.45, 2.75) is 6.42 Å². The summed E-state index contributed by atoms with van der Waals surface area (Å²) in [5, 5.41) is 15.7. The van der Waals surface area contributed by atoms with Crippen LogP contribution >= 0.6 is 0 Å². The second-order valence-electron chi connectivity index (χ2n) is 5.45. The molecule has 0 bridgehead atoms. The lowest BCUT2D eigenvalue weighted by molar-refractivity contribution is -0.384. The Bertz CT molecular complexity index is 835. The Hall–Kier alpha value is -3.62. The number of methoxy groups -OCH3 is 2. The average Bonchev–Trinajstić information content (AvgIpc) is 2.68. The van der Waals surface area contributed by atoms with Crippen molar-refractivity contribution in [3.8, 4) is 11.5 Å². The molecule has 0 saturated heterocycles. The first kappa shape index (κ1) is 19.7. The summed E-state index contributed by atoms with van der Waals surface area (Å²) in [7, 11) is 2.89. The summed E-state index contributed by atoms with van der Waals surface area (Å²) in [6, 6.07) is 11.0. The lowest BCUT2D eigenvalue weighted by Crippen LogP contribution is -2.36. The molecule has 0 aliphatic rings. The first-order valence-corrected chi connectivity index (χ1v) is 7.99. The van der Waals surface area contributed by atoms with Crippen molar-refractivity contribution in [3.05, 3.63) is 58.1 Å². The number of benzene rings is 2. The van der Waals surface area contributed by atoms with Gasteiger partial charge in [0.25, 0.3) is 5.69 Å². The van der Waals surface area contributed by atoms with Gasteiger partial charge in [-0.3, -0.25) is 19.7 Å². The van der Waals surface area contributed by atoms with Crippen molar-refractivity contribution in [2.24, 2.45) is 0 Å². The summed E-state index contributed by atoms with van der Waals surface area (Å²) < 4.78 is 10.1. The van der Waals surface area contributed by atoms with E-state index in [-0.39, 0.29) is 23.7 Å². The highest BCUT2D eigenvalue weighted by atomic mass is 16.6. The Morgan fingerprint density at radius 2 is 1.74 bits per heavy atom. The molecule has 0 unspecified atom stereocenters. The molecule has 2 aromatic rings. The number of nitro groups is 1. The zero-order valence-corrected chi connectivity index (χ0v) is 14.9. The van der Waals surface area contributed by atoms with Crippen LogP contribution in [0.3, 0.4) is 0 Å². The maximum Gasteiger partial charge on any atom is 0.313 e. The van der Waals surface area contributed by atoms with Crippen LogP contribution in [0.2, 0.25) is 0 Å². The molecular formula is C18H19N3O6. The lowest BCUT2D eigenvalue weighted by Gasteiger charge is -2.10. The highest BCUT2D eigenvalue weighted by Gasteiger charge is 2.17. The van der Waals surface area contributed by atoms with E-state index >= 15 is 0 Å². The fraction of sp³-hybridized carbons (Fsp3) is 0.222. The van der Waals surface area contributed by atoms with Crippen LogP contribution in [0.1, 0.15) is 5.56 Å². The average molecular weight is 373 g/mol. The molecule has 2 N–H and O–H groups in total. The minimum absolute atomic E-state index is 0.0867. The van der Waals surface area contributed by atoms with Crippen LogP contribution < -0.4 is 20.1 Å².